The van der Waals surface area contributed by atoms with Gasteiger partial charge in [0.2, 0.25) is 0 Å². The Morgan fingerprint density at radius 1 is 0.591 bits per heavy atom. The van der Waals surface area contributed by atoms with Gasteiger partial charge in [0.25, 0.3) is 0 Å². The molecule has 0 saturated heterocycles. The summed E-state index contributed by atoms with van der Waals surface area (Å²) in [5.74, 6) is 5.40. The first kappa shape index (κ1) is 25.2. The van der Waals surface area contributed by atoms with Gasteiger partial charge in [-0.2, -0.15) is 47.0 Å². The molecule has 0 saturated carbocycles. The van der Waals surface area contributed by atoms with Gasteiger partial charge in [-0.1, -0.05) is 0 Å². The van der Waals surface area contributed by atoms with Crippen LogP contribution in [0.1, 0.15) is 19.3 Å². The standard InChI is InChI=1S/C13H24O4S4.Rh/c14-12(15)10-20-8-2-6-18-4-1-5-19-7-3-9-21-11-13(16)17;/h1-11H2,(H,14,15)(H,16,17);/q;+3/i;1+2. The summed E-state index contributed by atoms with van der Waals surface area (Å²) in [4.78, 5) is 20.6. The summed E-state index contributed by atoms with van der Waals surface area (Å²) in [6.45, 7) is 0. The van der Waals surface area contributed by atoms with E-state index in [0.717, 1.165) is 35.9 Å². The summed E-state index contributed by atoms with van der Waals surface area (Å²) in [6, 6.07) is 0. The average molecular weight is 478 g/mol. The van der Waals surface area contributed by atoms with E-state index in [1.807, 2.05) is 23.5 Å². The molecule has 0 spiro atoms. The van der Waals surface area contributed by atoms with E-state index in [1.54, 1.807) is 0 Å². The Kier molecular flexibility index (Phi) is 22.9. The molecule has 0 unspecified atom stereocenters. The van der Waals surface area contributed by atoms with E-state index >= 15 is 0 Å². The monoisotopic (exact) mass is 477 g/mol. The quantitative estimate of drug-likeness (QED) is 0.259. The second kappa shape index (κ2) is 20.0. The number of carbonyl (C=O) groups is 2. The minimum Gasteiger partial charge on any atom is -0.481 e. The SMILES string of the molecule is O=C(O)CSCCCSCCCSCCCSCC(=O)O.[105Rh+3]. The molecule has 22 heavy (non-hydrogen) atoms. The Morgan fingerprint density at radius 2 is 0.864 bits per heavy atom. The zero-order chi connectivity index (χ0) is 15.8. The van der Waals surface area contributed by atoms with Crippen molar-refractivity contribution in [2.24, 2.45) is 0 Å². The maximum Gasteiger partial charge on any atom is 3.00 e. The molecule has 0 aromatic carbocycles. The van der Waals surface area contributed by atoms with Gasteiger partial charge in [0.15, 0.2) is 0 Å². The number of aliphatic carboxylic acids is 2. The van der Waals surface area contributed by atoms with Crippen molar-refractivity contribution in [1.82, 2.24) is 0 Å². The van der Waals surface area contributed by atoms with Gasteiger partial charge in [0, 0.05) is 0 Å². The van der Waals surface area contributed by atoms with E-state index in [1.165, 1.54) is 41.5 Å². The largest absolute Gasteiger partial charge is 3.00 e. The Balaban J connectivity index is 0. The zero-order valence-electron chi connectivity index (χ0n) is 12.5. The van der Waals surface area contributed by atoms with E-state index in [9.17, 15) is 9.59 Å². The minimum absolute atomic E-state index is 0. The topological polar surface area (TPSA) is 74.6 Å². The average Bonchev–Trinajstić information content (AvgIpc) is 2.42. The van der Waals surface area contributed by atoms with Crippen LogP contribution in [0.4, 0.5) is 0 Å². The van der Waals surface area contributed by atoms with Crippen LogP contribution >= 0.6 is 47.0 Å². The number of hydrogen-bond acceptors (Lipinski definition) is 6. The van der Waals surface area contributed by atoms with Crippen molar-refractivity contribution in [1.29, 1.82) is 0 Å². The van der Waals surface area contributed by atoms with Gasteiger partial charge in [0.1, 0.15) is 0 Å². The fourth-order valence-corrected chi connectivity index (χ4v) is 5.00. The van der Waals surface area contributed by atoms with Gasteiger partial charge in [-0.25, -0.2) is 0 Å². The Labute approximate surface area is 162 Å². The van der Waals surface area contributed by atoms with Crippen LogP contribution in [0.2, 0.25) is 0 Å². The van der Waals surface area contributed by atoms with Crippen molar-refractivity contribution in [2.45, 2.75) is 19.3 Å². The van der Waals surface area contributed by atoms with Crippen LogP contribution in [-0.4, -0.2) is 68.2 Å². The maximum absolute atomic E-state index is 10.3. The fraction of sp³-hybridized carbons (Fsp3) is 0.846. The van der Waals surface area contributed by atoms with E-state index in [-0.39, 0.29) is 31.0 Å². The summed E-state index contributed by atoms with van der Waals surface area (Å²) in [7, 11) is 0. The number of thioether (sulfide) groups is 4. The molecule has 0 radical (unpaired) electrons. The third-order valence-corrected chi connectivity index (χ3v) is 6.55. The first-order chi connectivity index (χ1) is 10.1. The number of carboxylic acids is 2. The molecule has 0 bridgehead atoms. The van der Waals surface area contributed by atoms with Gasteiger partial charge in [0.05, 0.1) is 11.5 Å². The Hall–Kier alpha value is 0.963. The molecule has 0 aromatic heterocycles. The first-order valence-electron chi connectivity index (χ1n) is 6.87. The number of rotatable bonds is 16. The second-order valence-electron chi connectivity index (χ2n) is 4.18. The molecule has 130 valence electrons. The molecular formula is C13H24O4RhS4+3. The molecule has 0 fully saturated rings. The van der Waals surface area contributed by atoms with E-state index in [4.69, 9.17) is 10.2 Å². The Bertz CT molecular complexity index is 257. The van der Waals surface area contributed by atoms with Gasteiger partial charge < -0.3 is 10.2 Å². The van der Waals surface area contributed by atoms with Crippen LogP contribution in [0.15, 0.2) is 0 Å². The van der Waals surface area contributed by atoms with Crippen LogP contribution in [-0.2, 0) is 29.1 Å². The molecule has 0 amide bonds. The third kappa shape index (κ3) is 23.2. The van der Waals surface area contributed by atoms with E-state index in [0.29, 0.717) is 0 Å². The zero-order valence-corrected chi connectivity index (χ0v) is 17.4. The van der Waals surface area contributed by atoms with Crippen molar-refractivity contribution in [3.63, 3.8) is 0 Å². The molecule has 9 heteroatoms. The van der Waals surface area contributed by atoms with Crippen LogP contribution in [0.5, 0.6) is 0 Å². The van der Waals surface area contributed by atoms with Crippen molar-refractivity contribution in [3.8, 4) is 0 Å². The smallest absolute Gasteiger partial charge is 0.481 e. The predicted molar refractivity (Wildman–Crippen MR) is 98.4 cm³/mol. The van der Waals surface area contributed by atoms with E-state index in [2.05, 4.69) is 0 Å². The van der Waals surface area contributed by atoms with Gasteiger partial charge in [-0.15, -0.1) is 0 Å². The molecule has 0 aromatic rings. The molecule has 0 aliphatic carbocycles. The molecule has 0 aliphatic rings. The molecule has 2 N–H and O–H groups in total. The van der Waals surface area contributed by atoms with Crippen molar-refractivity contribution < 1.29 is 39.3 Å². The van der Waals surface area contributed by atoms with Gasteiger partial charge in [-0.3, -0.25) is 9.59 Å². The second-order valence-corrected chi connectivity index (χ2v) is 8.84. The summed E-state index contributed by atoms with van der Waals surface area (Å²) in [5, 5.41) is 16.9. The molecule has 0 aliphatic heterocycles. The number of hydrogen-bond donors (Lipinski definition) is 2. The summed E-state index contributed by atoms with van der Waals surface area (Å²) < 4.78 is 0. The first-order valence-corrected chi connectivity index (χ1v) is 11.5. The summed E-state index contributed by atoms with van der Waals surface area (Å²) in [6.07, 6.45) is 3.37. The van der Waals surface area contributed by atoms with E-state index < -0.39 is 11.9 Å². The van der Waals surface area contributed by atoms with Crippen molar-refractivity contribution in [3.05, 3.63) is 0 Å². The maximum atomic E-state index is 10.3. The molecule has 0 heterocycles. The van der Waals surface area contributed by atoms with Crippen LogP contribution in [0.25, 0.3) is 0 Å². The predicted octanol–water partition coefficient (Wildman–Crippen LogP) is 3.26. The molecule has 0 rings (SSSR count). The van der Waals surface area contributed by atoms with Crippen molar-refractivity contribution >= 4 is 59.0 Å². The van der Waals surface area contributed by atoms with Crippen LogP contribution in [0.3, 0.4) is 0 Å². The fourth-order valence-electron chi connectivity index (χ4n) is 1.31. The summed E-state index contributed by atoms with van der Waals surface area (Å²) >= 11 is 6.86. The van der Waals surface area contributed by atoms with Gasteiger partial charge >= 0.3 is 31.4 Å². The van der Waals surface area contributed by atoms with Crippen molar-refractivity contribution in [2.75, 3.05) is 46.0 Å². The van der Waals surface area contributed by atoms with Crippen LogP contribution < -0.4 is 0 Å². The summed E-state index contributed by atoms with van der Waals surface area (Å²) in [5.41, 5.74) is 0. The third-order valence-electron chi connectivity index (χ3n) is 2.18. The number of carboxylic acid groups (broad SMARTS) is 2. The van der Waals surface area contributed by atoms with Crippen LogP contribution in [0, 0.1) is 0 Å². The molecular weight excluding hydrogens is 453 g/mol. The minimum atomic E-state index is -0.731. The normalized spacial score (nSPS) is 10.2. The molecule has 4 nitrogen and oxygen atoms in total. The Morgan fingerprint density at radius 3 is 1.14 bits per heavy atom. The van der Waals surface area contributed by atoms with Gasteiger partial charge in [-0.05, 0) is 53.8 Å². The molecule has 0 atom stereocenters.